The molecule has 0 radical (unpaired) electrons. The summed E-state index contributed by atoms with van der Waals surface area (Å²) >= 11 is 0. The molecule has 0 amide bonds. The van der Waals surface area contributed by atoms with Crippen LogP contribution >= 0.6 is 0 Å². The van der Waals surface area contributed by atoms with Gasteiger partial charge in [0.25, 0.3) is 0 Å². The number of fused-ring (bicyclic) bond motifs is 2. The van der Waals surface area contributed by atoms with Gasteiger partial charge >= 0.3 is 5.97 Å². The zero-order valence-electron chi connectivity index (χ0n) is 21.9. The minimum absolute atomic E-state index is 0.523. The lowest BCUT2D eigenvalue weighted by molar-refractivity contribution is -0.137. The molecule has 2 aliphatic rings. The van der Waals surface area contributed by atoms with Crippen molar-refractivity contribution in [3.05, 3.63) is 76.6 Å². The van der Waals surface area contributed by atoms with Crippen LogP contribution in [0.1, 0.15) is 70.1 Å². The third-order valence-corrected chi connectivity index (χ3v) is 7.24. The molecule has 0 aliphatic heterocycles. The first-order valence-electron chi connectivity index (χ1n) is 12.8. The number of esters is 1. The fourth-order valence-electron chi connectivity index (χ4n) is 5.98. The fraction of sp³-hybridized carbons (Fsp3) is 0.452. The van der Waals surface area contributed by atoms with Crippen LogP contribution in [0.4, 0.5) is 4.39 Å². The van der Waals surface area contributed by atoms with Crippen LogP contribution in [0.3, 0.4) is 0 Å². The van der Waals surface area contributed by atoms with Crippen LogP contribution in [0, 0.1) is 23.7 Å². The molecule has 4 unspecified atom stereocenters. The van der Waals surface area contributed by atoms with Crippen LogP contribution in [0.25, 0.3) is 11.6 Å². The van der Waals surface area contributed by atoms with E-state index in [9.17, 15) is 9.18 Å². The minimum Gasteiger partial charge on any atom is -0.497 e. The molecule has 2 aliphatic carbocycles. The van der Waals surface area contributed by atoms with Crippen molar-refractivity contribution in [3.8, 4) is 5.75 Å². The number of carbonyl (C=O) groups excluding carboxylic acids is 1. The first-order valence-corrected chi connectivity index (χ1v) is 12.8. The topological polar surface area (TPSA) is 35.5 Å². The fourth-order valence-corrected chi connectivity index (χ4v) is 5.98. The van der Waals surface area contributed by atoms with Crippen LogP contribution in [0.15, 0.2) is 59.9 Å². The highest BCUT2D eigenvalue weighted by Crippen LogP contribution is 2.51. The van der Waals surface area contributed by atoms with E-state index in [-0.39, 0.29) is 0 Å². The van der Waals surface area contributed by atoms with E-state index in [0.717, 1.165) is 23.1 Å². The van der Waals surface area contributed by atoms with Gasteiger partial charge in [-0.05, 0) is 89.8 Å². The minimum atomic E-state index is -0.961. The Hall–Kier alpha value is -2.88. The molecule has 2 aromatic carbocycles. The lowest BCUT2D eigenvalue weighted by Crippen LogP contribution is -2.32. The molecule has 188 valence electrons. The molecule has 0 saturated heterocycles. The third-order valence-electron chi connectivity index (χ3n) is 7.24. The van der Waals surface area contributed by atoms with Crippen LogP contribution in [0.2, 0.25) is 0 Å². The van der Waals surface area contributed by atoms with Crippen LogP contribution in [-0.2, 0) is 9.53 Å². The second-order valence-corrected chi connectivity index (χ2v) is 9.68. The summed E-state index contributed by atoms with van der Waals surface area (Å²) in [6.45, 7) is 8.76. The Kier molecular flexibility index (Phi) is 9.31. The number of allylic oxidation sites excluding steroid dienone is 1. The first kappa shape index (κ1) is 26.7. The van der Waals surface area contributed by atoms with Crippen LogP contribution in [-0.4, -0.2) is 20.2 Å². The zero-order valence-corrected chi connectivity index (χ0v) is 21.9. The molecular formula is C31H39FO3. The van der Waals surface area contributed by atoms with E-state index in [1.807, 2.05) is 50.2 Å². The predicted molar refractivity (Wildman–Crippen MR) is 142 cm³/mol. The Morgan fingerprint density at radius 2 is 1.49 bits per heavy atom. The van der Waals surface area contributed by atoms with Gasteiger partial charge in [0.2, 0.25) is 5.83 Å². The lowest BCUT2D eigenvalue weighted by atomic mass is 9.61. The van der Waals surface area contributed by atoms with Crippen molar-refractivity contribution in [2.24, 2.45) is 23.7 Å². The molecule has 2 aromatic rings. The average Bonchev–Trinajstić information content (AvgIpc) is 2.87. The molecule has 2 bridgehead atoms. The number of ether oxygens (including phenoxy) is 2. The zero-order chi connectivity index (χ0) is 25.5. The number of methoxy groups -OCH3 is 2. The Morgan fingerprint density at radius 1 is 0.886 bits per heavy atom. The summed E-state index contributed by atoms with van der Waals surface area (Å²) < 4.78 is 23.8. The number of carbonyl (C=O) groups is 1. The van der Waals surface area contributed by atoms with Gasteiger partial charge < -0.3 is 9.47 Å². The summed E-state index contributed by atoms with van der Waals surface area (Å²) in [5.41, 5.74) is 5.76. The number of rotatable bonds is 5. The van der Waals surface area contributed by atoms with E-state index in [1.165, 1.54) is 50.0 Å². The SMILES string of the molecule is CC.COC(=O)/C(F)=C/c1ccc(/C(=C2/C(C)CC3CC(C)CC2C3)c2ccc(OC)cc2)cc1. The van der Waals surface area contributed by atoms with Gasteiger partial charge in [-0.25, -0.2) is 4.79 Å². The molecule has 0 N–H and O–H groups in total. The molecule has 2 fully saturated rings. The van der Waals surface area contributed by atoms with Gasteiger partial charge in [-0.3, -0.25) is 0 Å². The molecule has 4 heteroatoms. The van der Waals surface area contributed by atoms with Gasteiger partial charge in [-0.2, -0.15) is 4.39 Å². The first-order chi connectivity index (χ1) is 16.9. The van der Waals surface area contributed by atoms with Crippen LogP contribution in [0.5, 0.6) is 5.75 Å². The maximum Gasteiger partial charge on any atom is 0.366 e. The van der Waals surface area contributed by atoms with Crippen molar-refractivity contribution < 1.29 is 18.7 Å². The number of benzene rings is 2. The lowest BCUT2D eigenvalue weighted by Gasteiger charge is -2.44. The second kappa shape index (κ2) is 12.2. The number of hydrogen-bond acceptors (Lipinski definition) is 3. The number of hydrogen-bond donors (Lipinski definition) is 0. The van der Waals surface area contributed by atoms with E-state index >= 15 is 0 Å². The molecule has 2 saturated carbocycles. The highest BCUT2D eigenvalue weighted by Gasteiger charge is 2.38. The van der Waals surface area contributed by atoms with E-state index in [4.69, 9.17) is 4.74 Å². The Morgan fingerprint density at radius 3 is 2.06 bits per heavy atom. The van der Waals surface area contributed by atoms with Crippen molar-refractivity contribution in [3.63, 3.8) is 0 Å². The third kappa shape index (κ3) is 6.22. The summed E-state index contributed by atoms with van der Waals surface area (Å²) in [7, 11) is 2.86. The quantitative estimate of drug-likeness (QED) is 0.322. The Bertz CT molecular complexity index is 1050. The molecule has 0 heterocycles. The van der Waals surface area contributed by atoms with Crippen molar-refractivity contribution in [2.45, 2.75) is 53.4 Å². The summed E-state index contributed by atoms with van der Waals surface area (Å²) in [5.74, 6) is 1.67. The normalized spacial score (nSPS) is 25.2. The summed E-state index contributed by atoms with van der Waals surface area (Å²) in [4.78, 5) is 11.4. The highest BCUT2D eigenvalue weighted by atomic mass is 19.1. The predicted octanol–water partition coefficient (Wildman–Crippen LogP) is 8.10. The monoisotopic (exact) mass is 478 g/mol. The van der Waals surface area contributed by atoms with Crippen molar-refractivity contribution >= 4 is 17.6 Å². The van der Waals surface area contributed by atoms with Crippen molar-refractivity contribution in [2.75, 3.05) is 14.2 Å². The Balaban J connectivity index is 0.00000167. The maximum atomic E-state index is 14.0. The Labute approximate surface area is 210 Å². The second-order valence-electron chi connectivity index (χ2n) is 9.68. The smallest absolute Gasteiger partial charge is 0.366 e. The summed E-state index contributed by atoms with van der Waals surface area (Å²) in [6.07, 6.45) is 6.31. The van der Waals surface area contributed by atoms with Gasteiger partial charge in [-0.1, -0.05) is 69.7 Å². The van der Waals surface area contributed by atoms with E-state index < -0.39 is 11.8 Å². The van der Waals surface area contributed by atoms with Gasteiger partial charge in [-0.15, -0.1) is 0 Å². The van der Waals surface area contributed by atoms with Crippen LogP contribution < -0.4 is 4.74 Å². The summed E-state index contributed by atoms with van der Waals surface area (Å²) in [5, 5.41) is 0. The maximum absolute atomic E-state index is 14.0. The molecule has 0 spiro atoms. The standard InChI is InChI=1S/C29H33FO3.C2H6/c1-18-13-21-15-19(2)27(24(14-18)16-21)28(23-9-11-25(32-3)12-10-23)22-7-5-20(6-8-22)17-26(30)29(31)33-4;1-2/h5-12,17-19,21,24H,13-16H2,1-4H3;1-2H3/b26-17-,28-27+;. The number of halogens is 1. The molecule has 4 rings (SSSR count). The largest absolute Gasteiger partial charge is 0.497 e. The molecule has 0 aromatic heterocycles. The van der Waals surface area contributed by atoms with Gasteiger partial charge in [0.15, 0.2) is 0 Å². The molecule has 4 atom stereocenters. The van der Waals surface area contributed by atoms with E-state index in [1.54, 1.807) is 12.7 Å². The average molecular weight is 479 g/mol. The van der Waals surface area contributed by atoms with E-state index in [2.05, 4.69) is 30.7 Å². The van der Waals surface area contributed by atoms with Crippen molar-refractivity contribution in [1.82, 2.24) is 0 Å². The highest BCUT2D eigenvalue weighted by molar-refractivity contribution is 5.91. The molecule has 35 heavy (non-hydrogen) atoms. The van der Waals surface area contributed by atoms with Gasteiger partial charge in [0.05, 0.1) is 14.2 Å². The summed E-state index contributed by atoms with van der Waals surface area (Å²) in [6, 6.07) is 16.1. The molecule has 3 nitrogen and oxygen atoms in total. The van der Waals surface area contributed by atoms with Gasteiger partial charge in [0, 0.05) is 0 Å². The van der Waals surface area contributed by atoms with E-state index in [0.29, 0.717) is 17.4 Å². The molecular weight excluding hydrogens is 439 g/mol. The van der Waals surface area contributed by atoms with Crippen molar-refractivity contribution in [1.29, 1.82) is 0 Å². The van der Waals surface area contributed by atoms with Gasteiger partial charge in [0.1, 0.15) is 5.75 Å².